The largest absolute Gasteiger partial charge is 0.480 e. The Hall–Kier alpha value is -3.87. The molecular weight excluding hydrogens is 524 g/mol. The van der Waals surface area contributed by atoms with Crippen LogP contribution in [-0.2, 0) is 40.3 Å². The molecule has 3 aromatic rings. The average molecular weight is 556 g/mol. The summed E-state index contributed by atoms with van der Waals surface area (Å²) < 4.78 is 37.7. The molecule has 1 amide bonds. The summed E-state index contributed by atoms with van der Waals surface area (Å²) in [6, 6.07) is 3.43. The van der Waals surface area contributed by atoms with Crippen LogP contribution in [0.5, 0.6) is 0 Å². The molecule has 3 aliphatic rings. The van der Waals surface area contributed by atoms with Crippen LogP contribution in [0.3, 0.4) is 0 Å². The van der Waals surface area contributed by atoms with Crippen molar-refractivity contribution in [3.05, 3.63) is 40.7 Å². The van der Waals surface area contributed by atoms with Crippen molar-refractivity contribution in [2.45, 2.75) is 64.6 Å². The average Bonchev–Trinajstić information content (AvgIpc) is 3.56. The molecule has 2 aromatic heterocycles. The smallest absolute Gasteiger partial charge is 0.325 e. The molecule has 0 unspecified atom stereocenters. The number of amides is 1. The summed E-state index contributed by atoms with van der Waals surface area (Å²) in [7, 11) is 0. The third-order valence-electron chi connectivity index (χ3n) is 8.02. The second-order valence-corrected chi connectivity index (χ2v) is 10.5. The number of fused-ring (bicyclic) bond motifs is 2. The molecule has 1 N–H and O–H groups in total. The summed E-state index contributed by atoms with van der Waals surface area (Å²) in [4.78, 5) is 27.2. The quantitative estimate of drug-likeness (QED) is 0.491. The number of carbonyl (C=O) groups excluding carboxylic acids is 1. The van der Waals surface area contributed by atoms with Gasteiger partial charge in [-0.15, -0.1) is 5.10 Å². The number of halogens is 2. The lowest BCUT2D eigenvalue weighted by atomic mass is 9.93. The Labute approximate surface area is 229 Å². The monoisotopic (exact) mass is 555 g/mol. The SMILES string of the molecule is CC(=O)N1CCc2c(c(N3CCCc4cc(-c5cn(CC(=O)O)nn5)c(C(F)F)cc43)nn2C2CCOCC2)C1. The first-order valence-electron chi connectivity index (χ1n) is 13.6. The van der Waals surface area contributed by atoms with Crippen molar-refractivity contribution >= 4 is 23.4 Å². The molecule has 1 fully saturated rings. The molecule has 0 radical (unpaired) electrons. The number of carboxylic acids is 1. The van der Waals surface area contributed by atoms with E-state index in [1.54, 1.807) is 17.9 Å². The van der Waals surface area contributed by atoms with E-state index in [0.717, 1.165) is 40.8 Å². The normalized spacial score (nSPS) is 17.7. The molecular formula is C27H31F2N7O4. The van der Waals surface area contributed by atoms with Crippen LogP contribution in [0.4, 0.5) is 20.3 Å². The lowest BCUT2D eigenvalue weighted by Crippen LogP contribution is -2.36. The lowest BCUT2D eigenvalue weighted by Gasteiger charge is -2.33. The van der Waals surface area contributed by atoms with E-state index in [1.807, 2.05) is 4.90 Å². The molecule has 13 heteroatoms. The molecule has 1 aromatic carbocycles. The highest BCUT2D eigenvalue weighted by Gasteiger charge is 2.34. The van der Waals surface area contributed by atoms with Gasteiger partial charge in [-0.05, 0) is 43.4 Å². The number of aryl methyl sites for hydroxylation is 1. The number of hydrogen-bond acceptors (Lipinski definition) is 7. The van der Waals surface area contributed by atoms with E-state index >= 15 is 0 Å². The first-order valence-corrected chi connectivity index (χ1v) is 13.6. The number of ether oxygens (including phenoxy) is 1. The van der Waals surface area contributed by atoms with E-state index in [0.29, 0.717) is 57.2 Å². The molecule has 0 bridgehead atoms. The van der Waals surface area contributed by atoms with Gasteiger partial charge in [0, 0.05) is 67.7 Å². The van der Waals surface area contributed by atoms with Crippen molar-refractivity contribution in [3.63, 3.8) is 0 Å². The van der Waals surface area contributed by atoms with E-state index in [9.17, 15) is 18.4 Å². The van der Waals surface area contributed by atoms with Crippen LogP contribution in [0, 0.1) is 0 Å². The number of nitrogens with zero attached hydrogens (tertiary/aromatic N) is 7. The summed E-state index contributed by atoms with van der Waals surface area (Å²) in [6.45, 7) is 4.15. The van der Waals surface area contributed by atoms with Crippen LogP contribution >= 0.6 is 0 Å². The molecule has 0 atom stereocenters. The number of benzene rings is 1. The fraction of sp³-hybridized carbons (Fsp3) is 0.519. The van der Waals surface area contributed by atoms with Crippen molar-refractivity contribution in [1.29, 1.82) is 0 Å². The van der Waals surface area contributed by atoms with Gasteiger partial charge in [0.1, 0.15) is 12.2 Å². The fourth-order valence-corrected chi connectivity index (χ4v) is 6.05. The van der Waals surface area contributed by atoms with E-state index in [4.69, 9.17) is 14.9 Å². The van der Waals surface area contributed by atoms with Crippen LogP contribution in [0.15, 0.2) is 18.3 Å². The minimum Gasteiger partial charge on any atom is -0.480 e. The molecule has 6 rings (SSSR count). The number of aliphatic carboxylic acids is 1. The minimum atomic E-state index is -2.78. The summed E-state index contributed by atoms with van der Waals surface area (Å²) in [5, 5.41) is 21.9. The Morgan fingerprint density at radius 3 is 2.70 bits per heavy atom. The number of carboxylic acid groups (broad SMARTS) is 1. The van der Waals surface area contributed by atoms with Gasteiger partial charge in [-0.25, -0.2) is 13.5 Å². The number of alkyl halides is 2. The van der Waals surface area contributed by atoms with E-state index < -0.39 is 18.9 Å². The maximum atomic E-state index is 14.4. The Morgan fingerprint density at radius 2 is 1.98 bits per heavy atom. The first kappa shape index (κ1) is 26.4. The third-order valence-corrected chi connectivity index (χ3v) is 8.02. The number of hydrogen-bond donors (Lipinski definition) is 1. The Bertz CT molecular complexity index is 1450. The van der Waals surface area contributed by atoms with Gasteiger partial charge in [0.2, 0.25) is 5.91 Å². The fourth-order valence-electron chi connectivity index (χ4n) is 6.05. The summed E-state index contributed by atoms with van der Waals surface area (Å²) in [5.74, 6) is -0.387. The first-order chi connectivity index (χ1) is 19.3. The summed E-state index contributed by atoms with van der Waals surface area (Å²) in [5.41, 5.74) is 3.87. The standard InChI is InChI=1S/C27H31F2N7O4/c1-16(37)33-8-4-23-21(13-33)27(31-36(23)18-5-9-40-10-6-18)35-7-2-3-17-11-19(20(26(28)29)12-24(17)35)22-14-34(32-30-22)15-25(38)39/h11-12,14,18,26H,2-10,13,15H2,1H3,(H,38,39). The maximum absolute atomic E-state index is 14.4. The van der Waals surface area contributed by atoms with Gasteiger partial charge in [-0.3, -0.25) is 14.3 Å². The molecule has 0 aliphatic carbocycles. The number of anilines is 2. The van der Waals surface area contributed by atoms with E-state index in [-0.39, 0.29) is 28.8 Å². The molecule has 40 heavy (non-hydrogen) atoms. The molecule has 11 nitrogen and oxygen atoms in total. The highest BCUT2D eigenvalue weighted by molar-refractivity contribution is 5.77. The zero-order valence-electron chi connectivity index (χ0n) is 22.2. The van der Waals surface area contributed by atoms with Crippen LogP contribution in [0.25, 0.3) is 11.3 Å². The number of aromatic nitrogens is 5. The highest BCUT2D eigenvalue weighted by atomic mass is 19.3. The molecule has 5 heterocycles. The van der Waals surface area contributed by atoms with Gasteiger partial charge in [0.05, 0.1) is 18.8 Å². The topological polar surface area (TPSA) is 119 Å². The van der Waals surface area contributed by atoms with Gasteiger partial charge in [-0.2, -0.15) is 5.10 Å². The van der Waals surface area contributed by atoms with Crippen LogP contribution in [0.1, 0.15) is 61.0 Å². The molecule has 0 saturated carbocycles. The van der Waals surface area contributed by atoms with Crippen molar-refractivity contribution < 1.29 is 28.2 Å². The molecule has 0 spiro atoms. The van der Waals surface area contributed by atoms with Crippen molar-refractivity contribution in [3.8, 4) is 11.3 Å². The van der Waals surface area contributed by atoms with E-state index in [1.165, 1.54) is 12.3 Å². The van der Waals surface area contributed by atoms with Crippen molar-refractivity contribution in [1.82, 2.24) is 29.7 Å². The van der Waals surface area contributed by atoms with Gasteiger partial charge < -0.3 is 19.6 Å². The van der Waals surface area contributed by atoms with Crippen LogP contribution < -0.4 is 4.90 Å². The zero-order chi connectivity index (χ0) is 28.0. The summed E-state index contributed by atoms with van der Waals surface area (Å²) >= 11 is 0. The molecule has 212 valence electrons. The minimum absolute atomic E-state index is 0.00460. The lowest BCUT2D eigenvalue weighted by molar-refractivity contribution is -0.138. The second kappa shape index (κ2) is 10.6. The van der Waals surface area contributed by atoms with Gasteiger partial charge in [-0.1, -0.05) is 5.21 Å². The Balaban J connectivity index is 1.44. The van der Waals surface area contributed by atoms with Crippen molar-refractivity contribution in [2.75, 3.05) is 31.2 Å². The van der Waals surface area contributed by atoms with Gasteiger partial charge >= 0.3 is 5.97 Å². The Kier molecular flexibility index (Phi) is 6.99. The highest BCUT2D eigenvalue weighted by Crippen LogP contribution is 2.43. The van der Waals surface area contributed by atoms with Crippen LogP contribution in [0.2, 0.25) is 0 Å². The van der Waals surface area contributed by atoms with Gasteiger partial charge in [0.25, 0.3) is 6.43 Å². The van der Waals surface area contributed by atoms with E-state index in [2.05, 4.69) is 15.0 Å². The van der Waals surface area contributed by atoms with Gasteiger partial charge in [0.15, 0.2) is 5.82 Å². The zero-order valence-corrected chi connectivity index (χ0v) is 22.2. The van der Waals surface area contributed by atoms with Crippen LogP contribution in [-0.4, -0.2) is 73.0 Å². The predicted octanol–water partition coefficient (Wildman–Crippen LogP) is 3.50. The summed E-state index contributed by atoms with van der Waals surface area (Å²) in [6.07, 6.45) is 2.47. The number of rotatable bonds is 6. The molecule has 1 saturated heterocycles. The van der Waals surface area contributed by atoms with Crippen molar-refractivity contribution in [2.24, 2.45) is 0 Å². The maximum Gasteiger partial charge on any atom is 0.325 e. The molecule has 3 aliphatic heterocycles. The third kappa shape index (κ3) is 4.82. The second-order valence-electron chi connectivity index (χ2n) is 10.5. The Morgan fingerprint density at radius 1 is 1.18 bits per heavy atom. The number of carbonyl (C=O) groups is 2. The predicted molar refractivity (Wildman–Crippen MR) is 139 cm³/mol.